The number of thiophene rings is 1. The Balaban J connectivity index is 1.19. The minimum atomic E-state index is 0.560. The third kappa shape index (κ3) is 5.91. The molecule has 0 saturated heterocycles. The van der Waals surface area contributed by atoms with Crippen molar-refractivity contribution in [2.75, 3.05) is 4.90 Å². The van der Waals surface area contributed by atoms with Gasteiger partial charge in [0.2, 0.25) is 0 Å². The topological polar surface area (TPSA) is 55.1 Å². The number of fused-ring (bicyclic) bond motifs is 6. The quantitative estimate of drug-likeness (QED) is 0.162. The van der Waals surface area contributed by atoms with Crippen molar-refractivity contribution in [1.82, 2.24) is 15.0 Å². The summed E-state index contributed by atoms with van der Waals surface area (Å²) in [6.07, 6.45) is 0. The highest BCUT2D eigenvalue weighted by Crippen LogP contribution is 2.47. The van der Waals surface area contributed by atoms with Gasteiger partial charge in [-0.15, -0.1) is 11.3 Å². The normalized spacial score (nSPS) is 11.5. The number of rotatable bonds is 7. The van der Waals surface area contributed by atoms with Crippen molar-refractivity contribution in [3.63, 3.8) is 0 Å². The van der Waals surface area contributed by atoms with Gasteiger partial charge >= 0.3 is 0 Å². The predicted molar refractivity (Wildman–Crippen MR) is 236 cm³/mol. The fraction of sp³-hybridized carbons (Fsp3) is 0. The third-order valence-corrected chi connectivity index (χ3v) is 11.7. The third-order valence-electron chi connectivity index (χ3n) is 10.5. The zero-order valence-corrected chi connectivity index (χ0v) is 31.4. The van der Waals surface area contributed by atoms with E-state index in [0.29, 0.717) is 17.5 Å². The van der Waals surface area contributed by atoms with E-state index in [2.05, 4.69) is 126 Å². The van der Waals surface area contributed by atoms with Crippen LogP contribution in [0.4, 0.5) is 17.1 Å². The Hall–Kier alpha value is -7.41. The molecule has 268 valence electrons. The van der Waals surface area contributed by atoms with E-state index in [1.54, 1.807) is 0 Å². The lowest BCUT2D eigenvalue weighted by Gasteiger charge is -2.27. The summed E-state index contributed by atoms with van der Waals surface area (Å²) in [7, 11) is 0. The van der Waals surface area contributed by atoms with Crippen LogP contribution in [0.15, 0.2) is 199 Å². The van der Waals surface area contributed by atoms with Crippen LogP contribution in [-0.4, -0.2) is 15.0 Å². The lowest BCUT2D eigenvalue weighted by Crippen LogP contribution is -2.11. The van der Waals surface area contributed by atoms with Gasteiger partial charge in [0.15, 0.2) is 17.5 Å². The maximum absolute atomic E-state index is 6.70. The van der Waals surface area contributed by atoms with Crippen LogP contribution in [0, 0.1) is 0 Å². The van der Waals surface area contributed by atoms with Crippen molar-refractivity contribution < 1.29 is 4.42 Å². The molecule has 0 amide bonds. The molecule has 6 heteroatoms. The number of aromatic nitrogens is 3. The molecule has 11 rings (SSSR count). The van der Waals surface area contributed by atoms with E-state index in [0.717, 1.165) is 61.3 Å². The Morgan fingerprint density at radius 2 is 0.895 bits per heavy atom. The van der Waals surface area contributed by atoms with Gasteiger partial charge in [0.25, 0.3) is 0 Å². The van der Waals surface area contributed by atoms with E-state index < -0.39 is 0 Å². The molecule has 5 nitrogen and oxygen atoms in total. The minimum Gasteiger partial charge on any atom is -0.456 e. The van der Waals surface area contributed by atoms with Gasteiger partial charge in [0.05, 0.1) is 11.1 Å². The molecule has 8 aromatic carbocycles. The van der Waals surface area contributed by atoms with E-state index in [-0.39, 0.29) is 0 Å². The predicted octanol–water partition coefficient (Wildman–Crippen LogP) is 14.3. The SMILES string of the molecule is c1ccc(-c2ccc(N(c3ccc4sc5ccccc5c4c3)c3cc(-c4nc(-c5ccccc5)nc(-c5ccccc5)n4)cc4oc5ccccc5c34)cc2)cc1. The summed E-state index contributed by atoms with van der Waals surface area (Å²) in [5.41, 5.74) is 9.55. The second kappa shape index (κ2) is 13.7. The Morgan fingerprint density at radius 1 is 0.368 bits per heavy atom. The second-order valence-electron chi connectivity index (χ2n) is 14.0. The van der Waals surface area contributed by atoms with Gasteiger partial charge in [-0.3, -0.25) is 0 Å². The molecule has 0 spiro atoms. The molecule has 11 aromatic rings. The van der Waals surface area contributed by atoms with Crippen LogP contribution in [0.2, 0.25) is 0 Å². The number of furan rings is 1. The van der Waals surface area contributed by atoms with Crippen LogP contribution in [-0.2, 0) is 0 Å². The van der Waals surface area contributed by atoms with Gasteiger partial charge in [-0.05, 0) is 65.7 Å². The van der Waals surface area contributed by atoms with Gasteiger partial charge in [0.1, 0.15) is 11.2 Å². The fourth-order valence-electron chi connectivity index (χ4n) is 7.79. The molecule has 57 heavy (non-hydrogen) atoms. The molecule has 0 fully saturated rings. The number of anilines is 3. The summed E-state index contributed by atoms with van der Waals surface area (Å²) in [4.78, 5) is 17.6. The molecule has 3 heterocycles. The molecule has 0 aliphatic carbocycles. The van der Waals surface area contributed by atoms with Gasteiger partial charge in [0, 0.05) is 53.6 Å². The van der Waals surface area contributed by atoms with Crippen LogP contribution < -0.4 is 4.90 Å². The molecule has 0 atom stereocenters. The molecule has 0 N–H and O–H groups in total. The highest BCUT2D eigenvalue weighted by molar-refractivity contribution is 7.25. The van der Waals surface area contributed by atoms with E-state index in [4.69, 9.17) is 19.4 Å². The largest absolute Gasteiger partial charge is 0.456 e. The summed E-state index contributed by atoms with van der Waals surface area (Å²) in [6.45, 7) is 0. The van der Waals surface area contributed by atoms with Crippen molar-refractivity contribution in [3.8, 4) is 45.3 Å². The average molecular weight is 749 g/mol. The summed E-state index contributed by atoms with van der Waals surface area (Å²) in [6, 6.07) is 67.5. The molecular formula is C51H32N4OS. The van der Waals surface area contributed by atoms with Crippen molar-refractivity contribution in [2.24, 2.45) is 0 Å². The zero-order valence-electron chi connectivity index (χ0n) is 30.6. The first-order valence-electron chi connectivity index (χ1n) is 18.9. The summed E-state index contributed by atoms with van der Waals surface area (Å²) >= 11 is 1.82. The summed E-state index contributed by atoms with van der Waals surface area (Å²) < 4.78 is 9.22. The smallest absolute Gasteiger partial charge is 0.164 e. The van der Waals surface area contributed by atoms with Crippen molar-refractivity contribution >= 4 is 70.5 Å². The molecule has 0 saturated carbocycles. The highest BCUT2D eigenvalue weighted by Gasteiger charge is 2.23. The summed E-state index contributed by atoms with van der Waals surface area (Å²) in [5, 5.41) is 4.52. The van der Waals surface area contributed by atoms with Crippen molar-refractivity contribution in [2.45, 2.75) is 0 Å². The van der Waals surface area contributed by atoms with Crippen LogP contribution in [0.1, 0.15) is 0 Å². The first-order valence-corrected chi connectivity index (χ1v) is 19.7. The monoisotopic (exact) mass is 748 g/mol. The maximum atomic E-state index is 6.70. The number of nitrogens with zero attached hydrogens (tertiary/aromatic N) is 4. The Morgan fingerprint density at radius 3 is 1.58 bits per heavy atom. The maximum Gasteiger partial charge on any atom is 0.164 e. The summed E-state index contributed by atoms with van der Waals surface area (Å²) in [5.74, 6) is 1.77. The molecule has 3 aromatic heterocycles. The van der Waals surface area contributed by atoms with Crippen LogP contribution in [0.5, 0.6) is 0 Å². The molecular weight excluding hydrogens is 717 g/mol. The second-order valence-corrected chi connectivity index (χ2v) is 15.1. The Kier molecular flexibility index (Phi) is 7.93. The molecule has 0 aliphatic heterocycles. The highest BCUT2D eigenvalue weighted by atomic mass is 32.1. The van der Waals surface area contributed by atoms with E-state index in [1.807, 2.05) is 84.1 Å². The Bertz CT molecular complexity index is 3170. The molecule has 0 aliphatic rings. The molecule has 0 radical (unpaired) electrons. The first kappa shape index (κ1) is 33.0. The van der Waals surface area contributed by atoms with E-state index in [9.17, 15) is 0 Å². The zero-order chi connectivity index (χ0) is 37.7. The fourth-order valence-corrected chi connectivity index (χ4v) is 8.88. The van der Waals surface area contributed by atoms with E-state index in [1.165, 1.54) is 25.7 Å². The lowest BCUT2D eigenvalue weighted by atomic mass is 10.0. The van der Waals surface area contributed by atoms with Crippen molar-refractivity contribution in [3.05, 3.63) is 194 Å². The Labute approximate surface area is 332 Å². The number of hydrogen-bond acceptors (Lipinski definition) is 6. The first-order chi connectivity index (χ1) is 28.2. The minimum absolute atomic E-state index is 0.560. The lowest BCUT2D eigenvalue weighted by molar-refractivity contribution is 0.669. The molecule has 0 bridgehead atoms. The van der Waals surface area contributed by atoms with Crippen LogP contribution >= 0.6 is 11.3 Å². The standard InChI is InChI=1S/C51H32N4OS/c1-4-14-33(15-5-1)34-24-26-38(27-25-34)55(39-28-29-47-42(32-39)40-20-11-13-23-46(40)57-47)43-30-37(31-45-48(43)41-21-10-12-22-44(41)56-45)51-53-49(35-16-6-2-7-17-35)52-50(54-51)36-18-8-3-9-19-36/h1-32H. The van der Waals surface area contributed by atoms with Crippen LogP contribution in [0.3, 0.4) is 0 Å². The van der Waals surface area contributed by atoms with Crippen molar-refractivity contribution in [1.29, 1.82) is 0 Å². The molecule has 0 unspecified atom stereocenters. The van der Waals surface area contributed by atoms with Gasteiger partial charge in [-0.25, -0.2) is 15.0 Å². The van der Waals surface area contributed by atoms with Gasteiger partial charge < -0.3 is 9.32 Å². The number of benzene rings is 8. The number of para-hydroxylation sites is 1. The number of hydrogen-bond donors (Lipinski definition) is 0. The average Bonchev–Trinajstić information content (AvgIpc) is 3.86. The van der Waals surface area contributed by atoms with Gasteiger partial charge in [-0.2, -0.15) is 0 Å². The van der Waals surface area contributed by atoms with Gasteiger partial charge in [-0.1, -0.05) is 140 Å². The van der Waals surface area contributed by atoms with E-state index >= 15 is 0 Å². The van der Waals surface area contributed by atoms with Crippen LogP contribution in [0.25, 0.3) is 87.4 Å².